The molecule has 120 valence electrons. The molecule has 1 aliphatic heterocycles. The molecule has 4 rings (SSSR count). The number of hydrogen-bond donors (Lipinski definition) is 1. The second kappa shape index (κ2) is 5.50. The van der Waals surface area contributed by atoms with Gasteiger partial charge in [0.25, 0.3) is 0 Å². The Kier molecular flexibility index (Phi) is 3.79. The van der Waals surface area contributed by atoms with Crippen LogP contribution in [0.2, 0.25) is 0 Å². The molecule has 4 fully saturated rings. The van der Waals surface area contributed by atoms with E-state index in [9.17, 15) is 0 Å². The fourth-order valence-corrected chi connectivity index (χ4v) is 5.99. The Labute approximate surface area is 129 Å². The Morgan fingerprint density at radius 3 is 2.43 bits per heavy atom. The fourth-order valence-electron chi connectivity index (χ4n) is 5.99. The standard InChI is InChI=1S/C18H32N2O/c19-14-18(10-8-17(9-11-18)6-1-2-7-17)20-12-13-21-16-5-3-4-15(16)20/h15-16H,1-14,19H2. The van der Waals surface area contributed by atoms with Gasteiger partial charge in [0.15, 0.2) is 0 Å². The van der Waals surface area contributed by atoms with Crippen LogP contribution in [-0.4, -0.2) is 42.3 Å². The summed E-state index contributed by atoms with van der Waals surface area (Å²) in [5.74, 6) is 0. The molecule has 2 unspecified atom stereocenters. The highest BCUT2D eigenvalue weighted by molar-refractivity contribution is 5.05. The Bertz CT molecular complexity index is 367. The molecule has 2 atom stereocenters. The maximum absolute atomic E-state index is 6.36. The Morgan fingerprint density at radius 2 is 1.71 bits per heavy atom. The summed E-state index contributed by atoms with van der Waals surface area (Å²) in [5, 5.41) is 0. The number of rotatable bonds is 2. The van der Waals surface area contributed by atoms with Crippen molar-refractivity contribution in [1.29, 1.82) is 0 Å². The van der Waals surface area contributed by atoms with E-state index < -0.39 is 0 Å². The number of nitrogens with zero attached hydrogens (tertiary/aromatic N) is 1. The van der Waals surface area contributed by atoms with Crippen molar-refractivity contribution >= 4 is 0 Å². The molecule has 3 nitrogen and oxygen atoms in total. The van der Waals surface area contributed by atoms with Gasteiger partial charge < -0.3 is 10.5 Å². The first-order valence-electron chi connectivity index (χ1n) is 9.36. The maximum Gasteiger partial charge on any atom is 0.0731 e. The molecule has 0 radical (unpaired) electrons. The largest absolute Gasteiger partial charge is 0.375 e. The summed E-state index contributed by atoms with van der Waals surface area (Å²) in [7, 11) is 0. The summed E-state index contributed by atoms with van der Waals surface area (Å²) >= 11 is 0. The van der Waals surface area contributed by atoms with E-state index in [4.69, 9.17) is 10.5 Å². The number of hydrogen-bond acceptors (Lipinski definition) is 3. The minimum absolute atomic E-state index is 0.297. The highest BCUT2D eigenvalue weighted by Crippen LogP contribution is 2.53. The van der Waals surface area contributed by atoms with Gasteiger partial charge in [0.1, 0.15) is 0 Å². The van der Waals surface area contributed by atoms with Crippen molar-refractivity contribution < 1.29 is 4.74 Å². The van der Waals surface area contributed by atoms with Crippen LogP contribution in [0.1, 0.15) is 70.6 Å². The molecule has 0 aromatic heterocycles. The van der Waals surface area contributed by atoms with Gasteiger partial charge in [-0.15, -0.1) is 0 Å². The average molecular weight is 292 g/mol. The van der Waals surface area contributed by atoms with Gasteiger partial charge in [-0.05, 0) is 63.2 Å². The summed E-state index contributed by atoms with van der Waals surface area (Å²) < 4.78 is 6.02. The van der Waals surface area contributed by atoms with Crippen molar-refractivity contribution in [3.63, 3.8) is 0 Å². The molecule has 1 spiro atoms. The lowest BCUT2D eigenvalue weighted by molar-refractivity contribution is -0.114. The second-order valence-corrected chi connectivity index (χ2v) is 8.24. The van der Waals surface area contributed by atoms with Crippen molar-refractivity contribution in [2.75, 3.05) is 19.7 Å². The van der Waals surface area contributed by atoms with Crippen LogP contribution in [0.3, 0.4) is 0 Å². The van der Waals surface area contributed by atoms with Crippen molar-refractivity contribution in [2.45, 2.75) is 88.3 Å². The number of morpholine rings is 1. The van der Waals surface area contributed by atoms with Crippen molar-refractivity contribution in [3.05, 3.63) is 0 Å². The summed E-state index contributed by atoms with van der Waals surface area (Å²) in [6.07, 6.45) is 15.9. The van der Waals surface area contributed by atoms with E-state index in [1.165, 1.54) is 70.6 Å². The number of ether oxygens (including phenoxy) is 1. The van der Waals surface area contributed by atoms with Crippen LogP contribution < -0.4 is 5.73 Å². The van der Waals surface area contributed by atoms with Crippen LogP contribution in [0.4, 0.5) is 0 Å². The van der Waals surface area contributed by atoms with Crippen LogP contribution in [0.5, 0.6) is 0 Å². The normalized spacial score (nSPS) is 38.7. The third kappa shape index (κ3) is 2.36. The van der Waals surface area contributed by atoms with E-state index >= 15 is 0 Å². The minimum atomic E-state index is 0.297. The lowest BCUT2D eigenvalue weighted by atomic mass is 9.65. The summed E-state index contributed by atoms with van der Waals surface area (Å²) in [6, 6.07) is 0.667. The van der Waals surface area contributed by atoms with Crippen LogP contribution >= 0.6 is 0 Å². The summed E-state index contributed by atoms with van der Waals surface area (Å²) in [6.45, 7) is 2.89. The van der Waals surface area contributed by atoms with E-state index in [1.54, 1.807) is 0 Å². The van der Waals surface area contributed by atoms with E-state index in [0.29, 0.717) is 23.1 Å². The topological polar surface area (TPSA) is 38.5 Å². The second-order valence-electron chi connectivity index (χ2n) is 8.24. The molecule has 0 amide bonds. The van der Waals surface area contributed by atoms with Gasteiger partial charge in [-0.1, -0.05) is 12.8 Å². The van der Waals surface area contributed by atoms with E-state index in [-0.39, 0.29) is 0 Å². The Morgan fingerprint density at radius 1 is 0.952 bits per heavy atom. The van der Waals surface area contributed by atoms with Gasteiger partial charge in [0.05, 0.1) is 12.7 Å². The molecule has 0 aromatic carbocycles. The molecular formula is C18H32N2O. The predicted octanol–water partition coefficient (Wildman–Crippen LogP) is 3.07. The molecule has 3 saturated carbocycles. The number of fused-ring (bicyclic) bond motifs is 1. The zero-order valence-corrected chi connectivity index (χ0v) is 13.5. The molecular weight excluding hydrogens is 260 g/mol. The minimum Gasteiger partial charge on any atom is -0.375 e. The van der Waals surface area contributed by atoms with Gasteiger partial charge in [-0.3, -0.25) is 4.90 Å². The van der Waals surface area contributed by atoms with Gasteiger partial charge in [-0.2, -0.15) is 0 Å². The first-order valence-corrected chi connectivity index (χ1v) is 9.36. The SMILES string of the molecule is NCC1(N2CCOC3CCCC32)CCC2(CCCC2)CC1. The van der Waals surface area contributed by atoms with Crippen LogP contribution in [0.25, 0.3) is 0 Å². The van der Waals surface area contributed by atoms with E-state index in [1.807, 2.05) is 0 Å². The Balaban J connectivity index is 1.51. The predicted molar refractivity (Wildman–Crippen MR) is 85.2 cm³/mol. The molecule has 1 saturated heterocycles. The molecule has 0 bridgehead atoms. The third-order valence-electron chi connectivity index (χ3n) is 7.38. The molecule has 4 aliphatic rings. The average Bonchev–Trinajstić information content (AvgIpc) is 3.18. The molecule has 3 aliphatic carbocycles. The quantitative estimate of drug-likeness (QED) is 0.850. The van der Waals surface area contributed by atoms with Crippen molar-refractivity contribution in [3.8, 4) is 0 Å². The van der Waals surface area contributed by atoms with Crippen molar-refractivity contribution in [2.24, 2.45) is 11.1 Å². The molecule has 2 N–H and O–H groups in total. The van der Waals surface area contributed by atoms with E-state index in [2.05, 4.69) is 4.90 Å². The number of nitrogens with two attached hydrogens (primary N) is 1. The van der Waals surface area contributed by atoms with Gasteiger partial charge in [0, 0.05) is 24.7 Å². The third-order valence-corrected chi connectivity index (χ3v) is 7.38. The highest BCUT2D eigenvalue weighted by Gasteiger charge is 2.50. The zero-order valence-electron chi connectivity index (χ0n) is 13.5. The molecule has 3 heteroatoms. The maximum atomic E-state index is 6.36. The van der Waals surface area contributed by atoms with E-state index in [0.717, 1.165) is 19.7 Å². The smallest absolute Gasteiger partial charge is 0.0731 e. The highest BCUT2D eigenvalue weighted by atomic mass is 16.5. The van der Waals surface area contributed by atoms with Crippen LogP contribution in [0.15, 0.2) is 0 Å². The molecule has 1 heterocycles. The lowest BCUT2D eigenvalue weighted by Gasteiger charge is -2.55. The first-order chi connectivity index (χ1) is 10.3. The van der Waals surface area contributed by atoms with Gasteiger partial charge in [0.2, 0.25) is 0 Å². The molecule has 21 heavy (non-hydrogen) atoms. The van der Waals surface area contributed by atoms with Gasteiger partial charge in [-0.25, -0.2) is 0 Å². The monoisotopic (exact) mass is 292 g/mol. The van der Waals surface area contributed by atoms with Crippen LogP contribution in [-0.2, 0) is 4.74 Å². The fraction of sp³-hybridized carbons (Fsp3) is 1.00. The van der Waals surface area contributed by atoms with Crippen LogP contribution in [0, 0.1) is 5.41 Å². The lowest BCUT2D eigenvalue weighted by Crippen LogP contribution is -2.64. The first kappa shape index (κ1) is 14.5. The molecule has 0 aromatic rings. The summed E-state index contributed by atoms with van der Waals surface area (Å²) in [4.78, 5) is 2.82. The Hall–Kier alpha value is -0.120. The van der Waals surface area contributed by atoms with Crippen molar-refractivity contribution in [1.82, 2.24) is 4.90 Å². The zero-order chi connectivity index (χ0) is 14.3. The van der Waals surface area contributed by atoms with Gasteiger partial charge >= 0.3 is 0 Å². The summed E-state index contributed by atoms with van der Waals surface area (Å²) in [5.41, 5.74) is 7.36.